The zero-order chi connectivity index (χ0) is 17.2. The third-order valence-electron chi connectivity index (χ3n) is 3.27. The molecule has 7 nitrogen and oxygen atoms in total. The van der Waals surface area contributed by atoms with Crippen LogP contribution in [0.1, 0.15) is 16.1 Å². The van der Waals surface area contributed by atoms with Gasteiger partial charge in [0.25, 0.3) is 15.9 Å². The summed E-state index contributed by atoms with van der Waals surface area (Å²) < 4.78 is 26.2. The maximum atomic E-state index is 12.6. The van der Waals surface area contributed by atoms with E-state index in [0.717, 1.165) is 4.31 Å². The Morgan fingerprint density at radius 3 is 2.04 bits per heavy atom. The number of amides is 1. The second-order valence-corrected chi connectivity index (χ2v) is 7.20. The zero-order valence-corrected chi connectivity index (χ0v) is 14.2. The Bertz CT molecular complexity index is 800. The first-order valence-electron chi connectivity index (χ1n) is 6.84. The van der Waals surface area contributed by atoms with Gasteiger partial charge in [-0.3, -0.25) is 9.10 Å². The predicted octanol–water partition coefficient (Wildman–Crippen LogP) is 1.31. The average molecular weight is 334 g/mol. The highest BCUT2D eigenvalue weighted by Crippen LogP contribution is 2.20. The number of benzene rings is 1. The Morgan fingerprint density at radius 2 is 1.57 bits per heavy atom. The van der Waals surface area contributed by atoms with Crippen molar-refractivity contribution in [2.75, 3.05) is 25.4 Å². The number of anilines is 1. The molecule has 23 heavy (non-hydrogen) atoms. The highest BCUT2D eigenvalue weighted by molar-refractivity contribution is 7.92. The number of nitrogens with zero attached hydrogens (tertiary/aromatic N) is 4. The minimum Gasteiger partial charge on any atom is -0.345 e. The Balaban J connectivity index is 2.32. The van der Waals surface area contributed by atoms with Crippen LogP contribution >= 0.6 is 0 Å². The quantitative estimate of drug-likeness (QED) is 0.842. The van der Waals surface area contributed by atoms with Gasteiger partial charge in [0.05, 0.1) is 10.6 Å². The molecule has 2 rings (SSSR count). The number of rotatable bonds is 4. The van der Waals surface area contributed by atoms with Gasteiger partial charge in [0, 0.05) is 26.7 Å². The molecule has 0 spiro atoms. The normalized spacial score (nSPS) is 11.1. The van der Waals surface area contributed by atoms with Crippen LogP contribution in [-0.2, 0) is 10.0 Å². The van der Waals surface area contributed by atoms with E-state index in [0.29, 0.717) is 11.3 Å². The summed E-state index contributed by atoms with van der Waals surface area (Å²) in [6.45, 7) is 1.77. The third-order valence-corrected chi connectivity index (χ3v) is 5.05. The summed E-state index contributed by atoms with van der Waals surface area (Å²) in [6.07, 6.45) is 0. The molecule has 0 bridgehead atoms. The van der Waals surface area contributed by atoms with E-state index in [4.69, 9.17) is 0 Å². The number of sulfonamides is 1. The summed E-state index contributed by atoms with van der Waals surface area (Å²) in [4.78, 5) is 13.3. The molecule has 0 radical (unpaired) electrons. The summed E-state index contributed by atoms with van der Waals surface area (Å²) in [5.74, 6) is 0.0377. The van der Waals surface area contributed by atoms with E-state index >= 15 is 0 Å². The minimum absolute atomic E-state index is 0.0812. The highest BCUT2D eigenvalue weighted by Gasteiger charge is 2.23. The van der Waals surface area contributed by atoms with Crippen molar-refractivity contribution in [1.82, 2.24) is 15.1 Å². The summed E-state index contributed by atoms with van der Waals surface area (Å²) >= 11 is 0. The molecule has 0 aliphatic rings. The summed E-state index contributed by atoms with van der Waals surface area (Å²) in [6, 6.07) is 9.07. The van der Waals surface area contributed by atoms with Crippen LogP contribution in [0.3, 0.4) is 0 Å². The average Bonchev–Trinajstić information content (AvgIpc) is 2.54. The molecule has 1 heterocycles. The van der Waals surface area contributed by atoms with Gasteiger partial charge in [-0.25, -0.2) is 8.42 Å². The number of hydrogen-bond donors (Lipinski definition) is 0. The van der Waals surface area contributed by atoms with Crippen molar-refractivity contribution in [1.29, 1.82) is 0 Å². The molecule has 0 fully saturated rings. The Labute approximate surface area is 135 Å². The van der Waals surface area contributed by atoms with Crippen LogP contribution in [0.25, 0.3) is 0 Å². The smallest absolute Gasteiger partial charge is 0.265 e. The molecule has 0 atom stereocenters. The summed E-state index contributed by atoms with van der Waals surface area (Å²) in [5.41, 5.74) is 1.12. The first-order chi connectivity index (χ1) is 10.7. The number of aryl methyl sites for hydroxylation is 1. The van der Waals surface area contributed by atoms with Crippen LogP contribution in [0.4, 0.5) is 5.82 Å². The third kappa shape index (κ3) is 3.48. The van der Waals surface area contributed by atoms with Crippen molar-refractivity contribution in [2.45, 2.75) is 11.8 Å². The van der Waals surface area contributed by atoms with Gasteiger partial charge < -0.3 is 4.90 Å². The SMILES string of the molecule is Cc1ccc(N(C)S(=O)(=O)c2ccc(C(=O)N(C)C)cc2)nn1. The van der Waals surface area contributed by atoms with E-state index in [1.165, 1.54) is 36.2 Å². The molecule has 1 aromatic heterocycles. The fraction of sp³-hybridized carbons (Fsp3) is 0.267. The van der Waals surface area contributed by atoms with Crippen molar-refractivity contribution < 1.29 is 13.2 Å². The minimum atomic E-state index is -3.76. The molecule has 0 aliphatic carbocycles. The fourth-order valence-electron chi connectivity index (χ4n) is 1.87. The lowest BCUT2D eigenvalue weighted by atomic mass is 10.2. The topological polar surface area (TPSA) is 83.5 Å². The van der Waals surface area contributed by atoms with Gasteiger partial charge in [0.2, 0.25) is 0 Å². The van der Waals surface area contributed by atoms with E-state index in [1.54, 1.807) is 33.2 Å². The molecule has 0 saturated carbocycles. The number of hydrogen-bond acceptors (Lipinski definition) is 5. The molecule has 0 saturated heterocycles. The fourth-order valence-corrected chi connectivity index (χ4v) is 3.01. The number of carbonyl (C=O) groups excluding carboxylic acids is 1. The van der Waals surface area contributed by atoms with Crippen molar-refractivity contribution in [3.63, 3.8) is 0 Å². The van der Waals surface area contributed by atoms with E-state index in [2.05, 4.69) is 10.2 Å². The number of aromatic nitrogens is 2. The monoisotopic (exact) mass is 334 g/mol. The largest absolute Gasteiger partial charge is 0.345 e. The lowest BCUT2D eigenvalue weighted by molar-refractivity contribution is 0.0827. The molecule has 2 aromatic rings. The van der Waals surface area contributed by atoms with Gasteiger partial charge in [-0.1, -0.05) is 0 Å². The van der Waals surface area contributed by atoms with Crippen LogP contribution in [0, 0.1) is 6.92 Å². The second kappa shape index (κ2) is 6.33. The molecule has 1 amide bonds. The standard InChI is InChI=1S/C15H18N4O3S/c1-11-5-10-14(17-16-11)19(4)23(21,22)13-8-6-12(7-9-13)15(20)18(2)3/h5-10H,1-4H3. The van der Waals surface area contributed by atoms with Gasteiger partial charge in [-0.05, 0) is 43.3 Å². The lowest BCUT2D eigenvalue weighted by Gasteiger charge is -2.18. The van der Waals surface area contributed by atoms with Crippen molar-refractivity contribution >= 4 is 21.7 Å². The van der Waals surface area contributed by atoms with Crippen LogP contribution in [-0.4, -0.2) is 50.6 Å². The van der Waals surface area contributed by atoms with E-state index in [-0.39, 0.29) is 16.6 Å². The van der Waals surface area contributed by atoms with Crippen LogP contribution in [0.15, 0.2) is 41.3 Å². The Morgan fingerprint density at radius 1 is 0.957 bits per heavy atom. The molecular formula is C15H18N4O3S. The second-order valence-electron chi connectivity index (χ2n) is 5.23. The van der Waals surface area contributed by atoms with E-state index in [9.17, 15) is 13.2 Å². The van der Waals surface area contributed by atoms with E-state index in [1.807, 2.05) is 0 Å². The predicted molar refractivity (Wildman–Crippen MR) is 86.8 cm³/mol. The molecule has 0 aliphatic heterocycles. The summed E-state index contributed by atoms with van der Waals surface area (Å²) in [7, 11) is 0.920. The first-order valence-corrected chi connectivity index (χ1v) is 8.28. The maximum Gasteiger partial charge on any atom is 0.265 e. The lowest BCUT2D eigenvalue weighted by Crippen LogP contribution is -2.28. The maximum absolute atomic E-state index is 12.6. The Hall–Kier alpha value is -2.48. The molecule has 1 aromatic carbocycles. The van der Waals surface area contributed by atoms with Crippen LogP contribution in [0.5, 0.6) is 0 Å². The molecular weight excluding hydrogens is 316 g/mol. The van der Waals surface area contributed by atoms with Gasteiger partial charge >= 0.3 is 0 Å². The van der Waals surface area contributed by atoms with Gasteiger partial charge in [0.1, 0.15) is 0 Å². The van der Waals surface area contributed by atoms with Crippen molar-refractivity contribution in [3.8, 4) is 0 Å². The number of carbonyl (C=O) groups is 1. The first kappa shape index (κ1) is 16.9. The van der Waals surface area contributed by atoms with Crippen LogP contribution in [0.2, 0.25) is 0 Å². The van der Waals surface area contributed by atoms with Gasteiger partial charge in [0.15, 0.2) is 5.82 Å². The molecule has 122 valence electrons. The van der Waals surface area contributed by atoms with Gasteiger partial charge in [-0.15, -0.1) is 5.10 Å². The highest BCUT2D eigenvalue weighted by atomic mass is 32.2. The Kier molecular flexibility index (Phi) is 4.65. The zero-order valence-electron chi connectivity index (χ0n) is 13.4. The molecule has 0 unspecified atom stereocenters. The van der Waals surface area contributed by atoms with Crippen molar-refractivity contribution in [3.05, 3.63) is 47.7 Å². The van der Waals surface area contributed by atoms with Crippen molar-refractivity contribution in [2.24, 2.45) is 0 Å². The molecule has 0 N–H and O–H groups in total. The van der Waals surface area contributed by atoms with Crippen LogP contribution < -0.4 is 4.31 Å². The summed E-state index contributed by atoms with van der Waals surface area (Å²) in [5, 5.41) is 7.73. The van der Waals surface area contributed by atoms with E-state index < -0.39 is 10.0 Å². The van der Waals surface area contributed by atoms with Gasteiger partial charge in [-0.2, -0.15) is 5.10 Å². The molecule has 8 heteroatoms.